The van der Waals surface area contributed by atoms with Crippen molar-refractivity contribution in [3.63, 3.8) is 0 Å². The van der Waals surface area contributed by atoms with Gasteiger partial charge < -0.3 is 14.6 Å². The van der Waals surface area contributed by atoms with Crippen molar-refractivity contribution >= 4 is 21.4 Å². The molecule has 0 aliphatic rings. The molecule has 0 atom stereocenters. The lowest BCUT2D eigenvalue weighted by Crippen LogP contribution is -1.94. The zero-order valence-corrected chi connectivity index (χ0v) is 16.1. The summed E-state index contributed by atoms with van der Waals surface area (Å²) in [4.78, 5) is 0.881. The molecule has 1 aromatic heterocycles. The van der Waals surface area contributed by atoms with E-state index in [-0.39, 0.29) is 11.6 Å². The van der Waals surface area contributed by atoms with Crippen molar-refractivity contribution in [2.75, 3.05) is 6.61 Å². The average molecular weight is 394 g/mol. The Balaban J connectivity index is 1.74. The summed E-state index contributed by atoms with van der Waals surface area (Å²) < 4.78 is 26.1. The first-order valence-electron chi connectivity index (χ1n) is 9.06. The first-order valence-corrected chi connectivity index (χ1v) is 9.88. The maximum Gasteiger partial charge on any atom is 0.153 e. The summed E-state index contributed by atoms with van der Waals surface area (Å²) in [6, 6.07) is 19.0. The first kappa shape index (κ1) is 18.3. The summed E-state index contributed by atoms with van der Waals surface area (Å²) in [7, 11) is 0. The Kier molecular flexibility index (Phi) is 5.17. The van der Waals surface area contributed by atoms with Crippen LogP contribution in [0.1, 0.15) is 13.3 Å². The molecule has 28 heavy (non-hydrogen) atoms. The summed E-state index contributed by atoms with van der Waals surface area (Å²) in [5.74, 6) is 2.08. The van der Waals surface area contributed by atoms with E-state index in [4.69, 9.17) is 9.47 Å². The Hall–Kier alpha value is -3.05. The van der Waals surface area contributed by atoms with Crippen LogP contribution in [0.5, 0.6) is 23.0 Å². The summed E-state index contributed by atoms with van der Waals surface area (Å²) in [5.41, 5.74) is 0.861. The smallest absolute Gasteiger partial charge is 0.153 e. The third-order valence-electron chi connectivity index (χ3n) is 4.25. The van der Waals surface area contributed by atoms with Crippen molar-refractivity contribution in [3.8, 4) is 33.4 Å². The van der Waals surface area contributed by atoms with Crippen LogP contribution in [0, 0.1) is 5.82 Å². The van der Waals surface area contributed by atoms with Crippen LogP contribution in [-0.2, 0) is 0 Å². The molecule has 1 heterocycles. The van der Waals surface area contributed by atoms with Gasteiger partial charge in [0.05, 0.1) is 11.5 Å². The van der Waals surface area contributed by atoms with E-state index in [1.54, 1.807) is 24.3 Å². The van der Waals surface area contributed by atoms with Crippen molar-refractivity contribution < 1.29 is 19.0 Å². The Morgan fingerprint density at radius 1 is 0.929 bits per heavy atom. The van der Waals surface area contributed by atoms with Gasteiger partial charge in [-0.1, -0.05) is 19.1 Å². The second-order valence-electron chi connectivity index (χ2n) is 6.37. The maximum absolute atomic E-state index is 13.4. The van der Waals surface area contributed by atoms with Crippen molar-refractivity contribution in [1.82, 2.24) is 0 Å². The van der Waals surface area contributed by atoms with E-state index in [2.05, 4.69) is 6.92 Å². The molecule has 0 aliphatic carbocycles. The van der Waals surface area contributed by atoms with Gasteiger partial charge in [-0.15, -0.1) is 11.3 Å². The van der Waals surface area contributed by atoms with Crippen LogP contribution in [0.25, 0.3) is 20.5 Å². The Morgan fingerprint density at radius 3 is 2.36 bits per heavy atom. The number of hydrogen-bond donors (Lipinski definition) is 1. The van der Waals surface area contributed by atoms with E-state index in [1.165, 1.54) is 23.5 Å². The highest BCUT2D eigenvalue weighted by Gasteiger charge is 2.17. The zero-order valence-electron chi connectivity index (χ0n) is 15.3. The molecule has 4 aromatic rings. The highest BCUT2D eigenvalue weighted by molar-refractivity contribution is 7.22. The predicted molar refractivity (Wildman–Crippen MR) is 111 cm³/mol. The molecule has 0 saturated carbocycles. The fourth-order valence-electron chi connectivity index (χ4n) is 2.90. The lowest BCUT2D eigenvalue weighted by atomic mass is 10.1. The molecule has 3 nitrogen and oxygen atoms in total. The first-order chi connectivity index (χ1) is 13.6. The number of ether oxygens (including phenoxy) is 2. The lowest BCUT2D eigenvalue weighted by molar-refractivity contribution is 0.317. The van der Waals surface area contributed by atoms with Crippen LogP contribution >= 0.6 is 11.3 Å². The minimum atomic E-state index is -0.285. The van der Waals surface area contributed by atoms with Crippen molar-refractivity contribution in [1.29, 1.82) is 0 Å². The van der Waals surface area contributed by atoms with E-state index >= 15 is 0 Å². The maximum atomic E-state index is 13.4. The van der Waals surface area contributed by atoms with Crippen LogP contribution in [-0.4, -0.2) is 11.7 Å². The minimum Gasteiger partial charge on any atom is -0.508 e. The number of thiophene rings is 1. The molecule has 4 rings (SSSR count). The normalized spacial score (nSPS) is 10.9. The number of benzene rings is 3. The highest BCUT2D eigenvalue weighted by atomic mass is 32.1. The third kappa shape index (κ3) is 3.80. The second-order valence-corrected chi connectivity index (χ2v) is 7.42. The molecule has 5 heteroatoms. The number of hydrogen-bond acceptors (Lipinski definition) is 4. The largest absolute Gasteiger partial charge is 0.508 e. The van der Waals surface area contributed by atoms with Crippen LogP contribution in [0.2, 0.25) is 0 Å². The SMILES string of the molecule is CCCOc1ccc(Oc2c(-c3ccc(F)cc3)sc3cc(O)ccc23)cc1. The number of phenols is 1. The molecular weight excluding hydrogens is 375 g/mol. The molecule has 0 fully saturated rings. The minimum absolute atomic E-state index is 0.198. The second kappa shape index (κ2) is 7.90. The van der Waals surface area contributed by atoms with Gasteiger partial charge in [-0.2, -0.15) is 0 Å². The van der Waals surface area contributed by atoms with Gasteiger partial charge in [-0.25, -0.2) is 4.39 Å². The van der Waals surface area contributed by atoms with Gasteiger partial charge >= 0.3 is 0 Å². The Bertz CT molecular complexity index is 1090. The molecule has 0 unspecified atom stereocenters. The Morgan fingerprint density at radius 2 is 1.64 bits per heavy atom. The van der Waals surface area contributed by atoms with Crippen molar-refractivity contribution in [3.05, 3.63) is 72.5 Å². The monoisotopic (exact) mass is 394 g/mol. The van der Waals surface area contributed by atoms with Crippen molar-refractivity contribution in [2.24, 2.45) is 0 Å². The Labute approximate surface area is 166 Å². The van der Waals surface area contributed by atoms with E-state index in [0.29, 0.717) is 18.1 Å². The molecule has 0 spiro atoms. The summed E-state index contributed by atoms with van der Waals surface area (Å²) in [6.45, 7) is 2.74. The van der Waals surface area contributed by atoms with Crippen LogP contribution in [0.15, 0.2) is 66.7 Å². The van der Waals surface area contributed by atoms with E-state index < -0.39 is 0 Å². The van der Waals surface area contributed by atoms with Gasteiger partial charge in [0.1, 0.15) is 23.1 Å². The molecule has 0 amide bonds. The molecule has 3 aromatic carbocycles. The zero-order chi connectivity index (χ0) is 19.5. The standard InChI is InChI=1S/C23H19FO3S/c1-2-13-26-18-8-10-19(11-9-18)27-22-20-12-7-17(25)14-21(20)28-23(22)15-3-5-16(24)6-4-15/h3-12,14,25H,2,13H2,1H3. The van der Waals surface area contributed by atoms with Gasteiger partial charge in [0.2, 0.25) is 0 Å². The highest BCUT2D eigenvalue weighted by Crippen LogP contribution is 2.47. The fourth-order valence-corrected chi connectivity index (χ4v) is 4.06. The molecule has 142 valence electrons. The van der Waals surface area contributed by atoms with Crippen LogP contribution in [0.4, 0.5) is 4.39 Å². The molecule has 1 N–H and O–H groups in total. The number of rotatable bonds is 6. The number of aromatic hydroxyl groups is 1. The van der Waals surface area contributed by atoms with Gasteiger partial charge in [0.15, 0.2) is 5.75 Å². The topological polar surface area (TPSA) is 38.7 Å². The van der Waals surface area contributed by atoms with Gasteiger partial charge in [0, 0.05) is 10.1 Å². The molecule has 0 aliphatic heterocycles. The summed E-state index contributed by atoms with van der Waals surface area (Å²) in [5, 5.41) is 10.7. The lowest BCUT2D eigenvalue weighted by Gasteiger charge is -2.10. The van der Waals surface area contributed by atoms with E-state index in [0.717, 1.165) is 32.7 Å². The third-order valence-corrected chi connectivity index (χ3v) is 5.43. The molecule has 0 radical (unpaired) electrons. The van der Waals surface area contributed by atoms with Gasteiger partial charge in [-0.3, -0.25) is 0 Å². The number of halogens is 1. The van der Waals surface area contributed by atoms with E-state index in [1.807, 2.05) is 30.3 Å². The van der Waals surface area contributed by atoms with Crippen LogP contribution < -0.4 is 9.47 Å². The van der Waals surface area contributed by atoms with Crippen molar-refractivity contribution in [2.45, 2.75) is 13.3 Å². The molecule has 0 bridgehead atoms. The summed E-state index contributed by atoms with van der Waals surface area (Å²) in [6.07, 6.45) is 0.951. The predicted octanol–water partition coefficient (Wildman–Crippen LogP) is 6.99. The number of phenolic OH excluding ortho intramolecular Hbond substituents is 1. The van der Waals surface area contributed by atoms with Gasteiger partial charge in [-0.05, 0) is 66.6 Å². The fraction of sp³-hybridized carbons (Fsp3) is 0.130. The molecule has 0 saturated heterocycles. The average Bonchev–Trinajstić information content (AvgIpc) is 3.05. The van der Waals surface area contributed by atoms with E-state index in [9.17, 15) is 9.50 Å². The van der Waals surface area contributed by atoms with Crippen LogP contribution in [0.3, 0.4) is 0 Å². The number of fused-ring (bicyclic) bond motifs is 1. The summed E-state index contributed by atoms with van der Waals surface area (Å²) >= 11 is 1.50. The molecular formula is C23H19FO3S. The quantitative estimate of drug-likeness (QED) is 0.383. The van der Waals surface area contributed by atoms with Gasteiger partial charge in [0.25, 0.3) is 0 Å².